The Hall–Kier alpha value is -1.64. The van der Waals surface area contributed by atoms with Gasteiger partial charge in [0.05, 0.1) is 18.0 Å². The molecule has 4 aliphatic carbocycles. The van der Waals surface area contributed by atoms with E-state index in [9.17, 15) is 23.4 Å². The number of hydrogen-bond donors (Lipinski definition) is 4. The van der Waals surface area contributed by atoms with Gasteiger partial charge < -0.3 is 15.5 Å². The van der Waals surface area contributed by atoms with Gasteiger partial charge in [0.15, 0.2) is 0 Å². The molecule has 4 aliphatic rings. The first-order valence-corrected chi connectivity index (χ1v) is 17.3. The average molecular weight is 575 g/mol. The number of aliphatic hydroxyl groups is 2. The quantitative estimate of drug-likeness (QED) is 0.318. The molecular formula is C32H50N2O5S. The summed E-state index contributed by atoms with van der Waals surface area (Å²) in [5, 5.41) is 25.1. The molecule has 0 heterocycles. The van der Waals surface area contributed by atoms with Crippen molar-refractivity contribution in [3.63, 3.8) is 0 Å². The molecule has 4 N–H and O–H groups in total. The second kappa shape index (κ2) is 11.6. The van der Waals surface area contributed by atoms with Crippen LogP contribution in [0.1, 0.15) is 90.5 Å². The number of benzene rings is 1. The molecule has 1 aromatic rings. The van der Waals surface area contributed by atoms with Gasteiger partial charge in [0, 0.05) is 6.54 Å². The highest BCUT2D eigenvalue weighted by atomic mass is 32.2. The van der Waals surface area contributed by atoms with Gasteiger partial charge in [-0.25, -0.2) is 17.9 Å². The van der Waals surface area contributed by atoms with Gasteiger partial charge in [-0.3, -0.25) is 0 Å². The van der Waals surface area contributed by atoms with Gasteiger partial charge in [-0.05, 0) is 110 Å². The van der Waals surface area contributed by atoms with E-state index in [0.29, 0.717) is 41.7 Å². The molecule has 224 valence electrons. The number of aliphatic hydroxyl groups excluding tert-OH is 2. The van der Waals surface area contributed by atoms with Gasteiger partial charge in [0.1, 0.15) is 0 Å². The van der Waals surface area contributed by atoms with Crippen molar-refractivity contribution < 1.29 is 23.4 Å². The minimum Gasteiger partial charge on any atom is -0.393 e. The first kappa shape index (κ1) is 29.8. The van der Waals surface area contributed by atoms with Gasteiger partial charge in [-0.1, -0.05) is 57.5 Å². The van der Waals surface area contributed by atoms with Crippen LogP contribution in [0, 0.1) is 46.3 Å². The first-order valence-electron chi connectivity index (χ1n) is 15.7. The third-order valence-electron chi connectivity index (χ3n) is 12.0. The Kier molecular flexibility index (Phi) is 8.62. The van der Waals surface area contributed by atoms with E-state index in [-0.39, 0.29) is 34.7 Å². The summed E-state index contributed by atoms with van der Waals surface area (Å²) >= 11 is 0. The van der Waals surface area contributed by atoms with Crippen molar-refractivity contribution in [3.8, 4) is 0 Å². The summed E-state index contributed by atoms with van der Waals surface area (Å²) in [5.41, 5.74) is 1.04. The van der Waals surface area contributed by atoms with Crippen LogP contribution in [0.15, 0.2) is 30.3 Å². The molecule has 0 saturated heterocycles. The first-order chi connectivity index (χ1) is 19.0. The molecule has 40 heavy (non-hydrogen) atoms. The summed E-state index contributed by atoms with van der Waals surface area (Å²) in [7, 11) is -3.75. The fourth-order valence-corrected chi connectivity index (χ4v) is 11.2. The molecule has 4 saturated carbocycles. The minimum absolute atomic E-state index is 0.194. The second-order valence-electron chi connectivity index (χ2n) is 14.0. The normalized spacial score (nSPS) is 40.9. The van der Waals surface area contributed by atoms with Crippen molar-refractivity contribution >= 4 is 16.1 Å². The summed E-state index contributed by atoms with van der Waals surface area (Å²) in [4.78, 5) is 12.3. The van der Waals surface area contributed by atoms with Crippen LogP contribution >= 0.6 is 0 Å². The van der Waals surface area contributed by atoms with Crippen LogP contribution in [0.5, 0.6) is 0 Å². The van der Waals surface area contributed by atoms with Gasteiger partial charge >= 0.3 is 6.03 Å². The summed E-state index contributed by atoms with van der Waals surface area (Å²) in [6, 6.07) is 8.18. The predicted molar refractivity (Wildman–Crippen MR) is 157 cm³/mol. The van der Waals surface area contributed by atoms with Crippen LogP contribution in [0.4, 0.5) is 4.79 Å². The molecular weight excluding hydrogens is 524 g/mol. The number of carbonyl (C=O) groups is 1. The molecule has 2 amide bonds. The lowest BCUT2D eigenvalue weighted by Gasteiger charge is -2.64. The third-order valence-corrected chi connectivity index (χ3v) is 13.3. The molecule has 8 heteroatoms. The van der Waals surface area contributed by atoms with Crippen LogP contribution in [0.25, 0.3) is 0 Å². The van der Waals surface area contributed by atoms with Crippen molar-refractivity contribution in [1.82, 2.24) is 10.0 Å². The zero-order chi connectivity index (χ0) is 28.7. The fraction of sp³-hybridized carbons (Fsp3) is 0.781. The highest BCUT2D eigenvalue weighted by Gasteiger charge is 2.64. The summed E-state index contributed by atoms with van der Waals surface area (Å²) in [6.07, 6.45) is 9.74. The van der Waals surface area contributed by atoms with Gasteiger partial charge in [0.25, 0.3) is 0 Å². The van der Waals surface area contributed by atoms with E-state index >= 15 is 0 Å². The van der Waals surface area contributed by atoms with E-state index in [2.05, 4.69) is 30.8 Å². The van der Waals surface area contributed by atoms with E-state index in [1.54, 1.807) is 24.3 Å². The maximum absolute atomic E-state index is 12.4. The lowest BCUT2D eigenvalue weighted by atomic mass is 9.41. The zero-order valence-corrected chi connectivity index (χ0v) is 25.3. The largest absolute Gasteiger partial charge is 0.393 e. The number of urea groups is 1. The highest BCUT2D eigenvalue weighted by Crippen LogP contribution is 2.69. The summed E-state index contributed by atoms with van der Waals surface area (Å²) in [6.45, 7) is 7.58. The molecule has 0 bridgehead atoms. The van der Waals surface area contributed by atoms with Crippen LogP contribution in [-0.4, -0.2) is 43.4 Å². The van der Waals surface area contributed by atoms with E-state index in [0.717, 1.165) is 57.8 Å². The number of fused-ring (bicyclic) bond motifs is 5. The standard InChI is InChI=1S/C32H50N2O5S/c1-4-24-27-19-23(35)14-16-32(27,3)26-15-17-31(2)22(12-13-25(31)28(26)29(24)36)11-8-18-33-30(37)34-40(38,39)20-21-9-6-5-7-10-21/h5-7,9-10,22-29,35-36H,4,8,11-20H2,1-3H3,(H2,33,34,37)/t22-,23+,24+,25-,26-,27-,28-,29+,31+,32+/m0/s1. The minimum atomic E-state index is -3.75. The van der Waals surface area contributed by atoms with Crippen molar-refractivity contribution in [1.29, 1.82) is 0 Å². The molecule has 0 spiro atoms. The lowest BCUT2D eigenvalue weighted by Crippen LogP contribution is -2.62. The highest BCUT2D eigenvalue weighted by molar-refractivity contribution is 7.89. The monoisotopic (exact) mass is 574 g/mol. The Morgan fingerprint density at radius 2 is 1.68 bits per heavy atom. The topological polar surface area (TPSA) is 116 Å². The molecule has 1 aromatic carbocycles. The Bertz CT molecular complexity index is 1150. The summed E-state index contributed by atoms with van der Waals surface area (Å²) < 4.78 is 26.9. The lowest BCUT2D eigenvalue weighted by molar-refractivity contribution is -0.202. The Morgan fingerprint density at radius 1 is 0.975 bits per heavy atom. The molecule has 7 nitrogen and oxygen atoms in total. The maximum atomic E-state index is 12.4. The van der Waals surface area contributed by atoms with Crippen LogP contribution < -0.4 is 10.0 Å². The molecule has 10 atom stereocenters. The summed E-state index contributed by atoms with van der Waals surface area (Å²) in [5.74, 6) is 2.39. The average Bonchev–Trinajstić information content (AvgIpc) is 3.24. The number of amides is 2. The molecule has 0 unspecified atom stereocenters. The zero-order valence-electron chi connectivity index (χ0n) is 24.5. The molecule has 5 rings (SSSR count). The van der Waals surface area contributed by atoms with Gasteiger partial charge in [-0.2, -0.15) is 0 Å². The van der Waals surface area contributed by atoms with Crippen molar-refractivity contribution in [2.24, 2.45) is 46.3 Å². The number of nitrogens with one attached hydrogen (secondary N) is 2. The Balaban J connectivity index is 1.16. The van der Waals surface area contributed by atoms with Crippen LogP contribution in [0.2, 0.25) is 0 Å². The van der Waals surface area contributed by atoms with Crippen molar-refractivity contribution in [2.75, 3.05) is 6.54 Å². The van der Waals surface area contributed by atoms with E-state index in [4.69, 9.17) is 0 Å². The number of rotatable bonds is 8. The third kappa shape index (κ3) is 5.57. The smallest absolute Gasteiger partial charge is 0.328 e. The van der Waals surface area contributed by atoms with Crippen LogP contribution in [0.3, 0.4) is 0 Å². The molecule has 0 aliphatic heterocycles. The van der Waals surface area contributed by atoms with Gasteiger partial charge in [-0.15, -0.1) is 0 Å². The van der Waals surface area contributed by atoms with Gasteiger partial charge in [0.2, 0.25) is 10.0 Å². The van der Waals surface area contributed by atoms with E-state index in [1.165, 1.54) is 6.42 Å². The van der Waals surface area contributed by atoms with Crippen LogP contribution in [-0.2, 0) is 15.8 Å². The van der Waals surface area contributed by atoms with E-state index < -0.39 is 16.1 Å². The van der Waals surface area contributed by atoms with Crippen molar-refractivity contribution in [2.45, 2.75) is 103 Å². The van der Waals surface area contributed by atoms with E-state index in [1.807, 2.05) is 6.07 Å². The molecule has 0 radical (unpaired) electrons. The molecule has 4 fully saturated rings. The predicted octanol–water partition coefficient (Wildman–Crippen LogP) is 5.22. The van der Waals surface area contributed by atoms with Crippen molar-refractivity contribution in [3.05, 3.63) is 35.9 Å². The SMILES string of the molecule is CC[C@H]1[C@@H](O)[C@@H]2[C@H](CC[C@]3(C)[C@@H](CCCNC(=O)NS(=O)(=O)Cc4ccccc4)CC[C@@H]23)[C@@]2(C)CC[C@@H](O)C[C@@H]12. The number of hydrogen-bond acceptors (Lipinski definition) is 5. The number of sulfonamides is 1. The number of carbonyl (C=O) groups excluding carboxylic acids is 1. The fourth-order valence-electron chi connectivity index (χ4n) is 10.1. The second-order valence-corrected chi connectivity index (χ2v) is 15.7. The molecule has 0 aromatic heterocycles. The Labute approximate surface area is 241 Å². The maximum Gasteiger partial charge on any atom is 0.328 e. The Morgan fingerprint density at radius 3 is 2.40 bits per heavy atom.